The first-order valence-corrected chi connectivity index (χ1v) is 12.8. The minimum atomic E-state index is -0.468. The Labute approximate surface area is 224 Å². The first-order valence-electron chi connectivity index (χ1n) is 12.8. The van der Waals surface area contributed by atoms with Gasteiger partial charge in [-0.2, -0.15) is 0 Å². The van der Waals surface area contributed by atoms with Gasteiger partial charge in [0, 0.05) is 13.1 Å². The normalized spacial score (nSPS) is 10.7. The number of nitrogens with one attached hydrogen (secondary N) is 1. The predicted molar refractivity (Wildman–Crippen MR) is 150 cm³/mol. The number of halogens is 1. The van der Waals surface area contributed by atoms with Gasteiger partial charge in [-0.25, -0.2) is 4.79 Å². The van der Waals surface area contributed by atoms with Gasteiger partial charge in [0.1, 0.15) is 13.2 Å². The molecule has 1 aromatic carbocycles. The van der Waals surface area contributed by atoms with Crippen LogP contribution >= 0.6 is 24.0 Å². The third kappa shape index (κ3) is 19.0. The lowest BCUT2D eigenvalue weighted by Crippen LogP contribution is -2.34. The fourth-order valence-corrected chi connectivity index (χ4v) is 3.55. The minimum absolute atomic E-state index is 0. The molecule has 0 unspecified atom stereocenters. The zero-order chi connectivity index (χ0) is 24.2. The van der Waals surface area contributed by atoms with Crippen molar-refractivity contribution >= 4 is 36.0 Å². The van der Waals surface area contributed by atoms with E-state index in [-0.39, 0.29) is 49.1 Å². The first kappa shape index (κ1) is 32.7. The number of aryl methyl sites for hydroxylation is 1. The van der Waals surface area contributed by atoms with Crippen molar-refractivity contribution < 1.29 is 19.1 Å². The maximum absolute atomic E-state index is 11.6. The maximum Gasteiger partial charge on any atom is 0.407 e. The number of ether oxygens (including phenoxy) is 2. The molecule has 1 amide bonds. The number of hydrogen-bond donors (Lipinski definition) is 1. The SMILES string of the molecule is CC(C)C(=O)OCCOC(=O)NCCN(C)CCCCCCCCCCCc1ccccc1.I. The lowest BCUT2D eigenvalue weighted by atomic mass is 10.0. The molecule has 34 heavy (non-hydrogen) atoms. The average molecular weight is 591 g/mol. The lowest BCUT2D eigenvalue weighted by Gasteiger charge is -2.16. The van der Waals surface area contributed by atoms with E-state index < -0.39 is 6.09 Å². The molecular formula is C27H47IN2O4. The van der Waals surface area contributed by atoms with E-state index in [9.17, 15) is 9.59 Å². The molecule has 0 atom stereocenters. The number of esters is 1. The molecule has 7 heteroatoms. The number of rotatable bonds is 19. The second-order valence-corrected chi connectivity index (χ2v) is 9.11. The number of nitrogens with zero attached hydrogens (tertiary/aromatic N) is 1. The highest BCUT2D eigenvalue weighted by Gasteiger charge is 2.08. The van der Waals surface area contributed by atoms with Crippen LogP contribution in [-0.4, -0.2) is 56.9 Å². The van der Waals surface area contributed by atoms with E-state index >= 15 is 0 Å². The second-order valence-electron chi connectivity index (χ2n) is 9.11. The Hall–Kier alpha value is -1.35. The summed E-state index contributed by atoms with van der Waals surface area (Å²) in [6, 6.07) is 10.8. The quantitative estimate of drug-likeness (QED) is 0.118. The van der Waals surface area contributed by atoms with Crippen LogP contribution in [0.15, 0.2) is 30.3 Å². The van der Waals surface area contributed by atoms with E-state index in [1.165, 1.54) is 69.8 Å². The highest BCUT2D eigenvalue weighted by molar-refractivity contribution is 14.0. The van der Waals surface area contributed by atoms with Crippen molar-refractivity contribution in [3.8, 4) is 0 Å². The highest BCUT2D eigenvalue weighted by Crippen LogP contribution is 2.12. The molecule has 196 valence electrons. The summed E-state index contributed by atoms with van der Waals surface area (Å²) in [5.74, 6) is -0.454. The van der Waals surface area contributed by atoms with Crippen molar-refractivity contribution in [3.63, 3.8) is 0 Å². The topological polar surface area (TPSA) is 67.9 Å². The van der Waals surface area contributed by atoms with E-state index in [1.54, 1.807) is 13.8 Å². The number of unbranched alkanes of at least 4 members (excludes halogenated alkanes) is 8. The summed E-state index contributed by atoms with van der Waals surface area (Å²) in [7, 11) is 2.08. The van der Waals surface area contributed by atoms with Crippen molar-refractivity contribution in [2.75, 3.05) is 39.9 Å². The van der Waals surface area contributed by atoms with Gasteiger partial charge in [0.2, 0.25) is 0 Å². The summed E-state index contributed by atoms with van der Waals surface area (Å²) in [5, 5.41) is 2.73. The molecule has 1 aromatic rings. The number of carbonyl (C=O) groups excluding carboxylic acids is 2. The summed E-state index contributed by atoms with van der Waals surface area (Å²) in [4.78, 5) is 25.2. The summed E-state index contributed by atoms with van der Waals surface area (Å²) >= 11 is 0. The number of alkyl carbamates (subject to hydrolysis) is 1. The van der Waals surface area contributed by atoms with Gasteiger partial charge in [0.25, 0.3) is 0 Å². The van der Waals surface area contributed by atoms with Crippen molar-refractivity contribution in [2.45, 2.75) is 78.1 Å². The number of amides is 1. The van der Waals surface area contributed by atoms with Crippen LogP contribution in [0.4, 0.5) is 4.79 Å². The Balaban J connectivity index is 0.0000109. The first-order chi connectivity index (χ1) is 16.0. The predicted octanol–water partition coefficient (Wildman–Crippen LogP) is 6.22. The molecule has 0 heterocycles. The number of hydrogen-bond acceptors (Lipinski definition) is 5. The summed E-state index contributed by atoms with van der Waals surface area (Å²) in [6.45, 7) is 6.09. The zero-order valence-electron chi connectivity index (χ0n) is 21.6. The van der Waals surface area contributed by atoms with Crippen LogP contribution in [0.2, 0.25) is 0 Å². The van der Waals surface area contributed by atoms with Crippen LogP contribution in [0.25, 0.3) is 0 Å². The Morgan fingerprint density at radius 2 is 1.38 bits per heavy atom. The Morgan fingerprint density at radius 3 is 2.00 bits per heavy atom. The van der Waals surface area contributed by atoms with Crippen LogP contribution in [0.1, 0.15) is 77.2 Å². The molecule has 0 radical (unpaired) electrons. The molecule has 0 saturated heterocycles. The zero-order valence-corrected chi connectivity index (χ0v) is 23.9. The van der Waals surface area contributed by atoms with Gasteiger partial charge in [-0.15, -0.1) is 24.0 Å². The fourth-order valence-electron chi connectivity index (χ4n) is 3.55. The molecule has 0 saturated carbocycles. The molecule has 6 nitrogen and oxygen atoms in total. The van der Waals surface area contributed by atoms with Crippen molar-refractivity contribution in [1.29, 1.82) is 0 Å². The third-order valence-corrected chi connectivity index (χ3v) is 5.64. The molecule has 0 aromatic heterocycles. The Morgan fingerprint density at radius 1 is 0.824 bits per heavy atom. The molecule has 0 bridgehead atoms. The van der Waals surface area contributed by atoms with Gasteiger partial charge in [-0.1, -0.05) is 89.1 Å². The number of benzene rings is 1. The monoisotopic (exact) mass is 590 g/mol. The largest absolute Gasteiger partial charge is 0.462 e. The van der Waals surface area contributed by atoms with E-state index in [0.29, 0.717) is 6.54 Å². The van der Waals surface area contributed by atoms with Crippen molar-refractivity contribution in [2.24, 2.45) is 5.92 Å². The Kier molecular flexibility index (Phi) is 21.3. The van der Waals surface area contributed by atoms with E-state index in [2.05, 4.69) is 47.6 Å². The summed E-state index contributed by atoms with van der Waals surface area (Å²) in [6.07, 6.45) is 12.6. The van der Waals surface area contributed by atoms with Crippen LogP contribution in [-0.2, 0) is 20.7 Å². The van der Waals surface area contributed by atoms with E-state index in [1.807, 2.05) is 0 Å². The van der Waals surface area contributed by atoms with Gasteiger partial charge in [-0.05, 0) is 38.4 Å². The maximum atomic E-state index is 11.6. The molecule has 0 aliphatic carbocycles. The molecule has 1 N–H and O–H groups in total. The van der Waals surface area contributed by atoms with Crippen molar-refractivity contribution in [1.82, 2.24) is 10.2 Å². The number of carbonyl (C=O) groups is 2. The Bertz CT molecular complexity index is 628. The average Bonchev–Trinajstić information content (AvgIpc) is 2.80. The van der Waals surface area contributed by atoms with Gasteiger partial charge in [0.05, 0.1) is 5.92 Å². The third-order valence-electron chi connectivity index (χ3n) is 5.64. The molecule has 0 fully saturated rings. The molecule has 0 aliphatic rings. The molecule has 1 rings (SSSR count). The summed E-state index contributed by atoms with van der Waals surface area (Å²) < 4.78 is 9.96. The molecule has 0 spiro atoms. The highest BCUT2D eigenvalue weighted by atomic mass is 127. The van der Waals surface area contributed by atoms with Gasteiger partial charge >= 0.3 is 12.1 Å². The van der Waals surface area contributed by atoms with Crippen molar-refractivity contribution in [3.05, 3.63) is 35.9 Å². The smallest absolute Gasteiger partial charge is 0.407 e. The lowest BCUT2D eigenvalue weighted by molar-refractivity contribution is -0.148. The van der Waals surface area contributed by atoms with Crippen LogP contribution < -0.4 is 5.32 Å². The van der Waals surface area contributed by atoms with Gasteiger partial charge in [0.15, 0.2) is 0 Å². The van der Waals surface area contributed by atoms with E-state index in [0.717, 1.165) is 13.1 Å². The van der Waals surface area contributed by atoms with Gasteiger partial charge < -0.3 is 19.7 Å². The molecule has 0 aliphatic heterocycles. The van der Waals surface area contributed by atoms with Crippen LogP contribution in [0, 0.1) is 5.92 Å². The second kappa shape index (κ2) is 22.1. The summed E-state index contributed by atoms with van der Waals surface area (Å²) in [5.41, 5.74) is 1.46. The minimum Gasteiger partial charge on any atom is -0.462 e. The standard InChI is InChI=1S/C27H46N2O4.HI/c1-24(2)26(30)32-22-23-33-27(31)28-19-21-29(3)20-15-10-8-6-4-5-7-9-12-16-25-17-13-11-14-18-25;/h11,13-14,17-18,24H,4-10,12,15-16,19-23H2,1-3H3,(H,28,31);1H. The van der Waals surface area contributed by atoms with Gasteiger partial charge in [-0.3, -0.25) is 4.79 Å². The fraction of sp³-hybridized carbons (Fsp3) is 0.704. The molecular weight excluding hydrogens is 543 g/mol. The number of likely N-dealkylation sites (N-methyl/N-ethyl adjacent to an activating group) is 1. The van der Waals surface area contributed by atoms with Crippen LogP contribution in [0.5, 0.6) is 0 Å². The van der Waals surface area contributed by atoms with Crippen LogP contribution in [0.3, 0.4) is 0 Å². The van der Waals surface area contributed by atoms with E-state index in [4.69, 9.17) is 9.47 Å².